The Bertz CT molecular complexity index is 861. The first-order chi connectivity index (χ1) is 13.0. The van der Waals surface area contributed by atoms with Crippen LogP contribution in [0.15, 0.2) is 35.1 Å². The standard InChI is InChI=1S/C20H25N3O4/c1-4-27-18-12-17(24)19(20(25)22-11-5-6-14(2)13-22)21-23(18)15-7-9-16(26-3)10-8-15/h7-10,12,14H,4-6,11,13H2,1-3H3/t14-/m0/s1. The van der Waals surface area contributed by atoms with E-state index in [1.165, 1.54) is 10.7 Å². The Hall–Kier alpha value is -2.83. The maximum Gasteiger partial charge on any atom is 0.278 e. The van der Waals surface area contributed by atoms with Crippen LogP contribution in [0.25, 0.3) is 5.69 Å². The molecule has 2 aromatic rings. The lowest BCUT2D eigenvalue weighted by Crippen LogP contribution is -2.41. The van der Waals surface area contributed by atoms with Crippen LogP contribution >= 0.6 is 0 Å². The van der Waals surface area contributed by atoms with E-state index in [1.807, 2.05) is 6.92 Å². The summed E-state index contributed by atoms with van der Waals surface area (Å²) in [6.45, 7) is 5.63. The number of methoxy groups -OCH3 is 1. The molecule has 0 saturated carbocycles. The van der Waals surface area contributed by atoms with Crippen LogP contribution in [-0.4, -0.2) is 47.4 Å². The first kappa shape index (κ1) is 18.9. The van der Waals surface area contributed by atoms with E-state index in [2.05, 4.69) is 12.0 Å². The molecule has 0 aliphatic carbocycles. The lowest BCUT2D eigenvalue weighted by molar-refractivity contribution is 0.0673. The highest BCUT2D eigenvalue weighted by atomic mass is 16.5. The van der Waals surface area contributed by atoms with Gasteiger partial charge in [-0.05, 0) is 49.9 Å². The van der Waals surface area contributed by atoms with E-state index in [0.29, 0.717) is 42.9 Å². The van der Waals surface area contributed by atoms with Gasteiger partial charge in [0.25, 0.3) is 5.91 Å². The summed E-state index contributed by atoms with van der Waals surface area (Å²) in [4.78, 5) is 27.2. The van der Waals surface area contributed by atoms with Crippen molar-refractivity contribution in [3.05, 3.63) is 46.2 Å². The Kier molecular flexibility index (Phi) is 5.78. The zero-order valence-corrected chi connectivity index (χ0v) is 16.0. The van der Waals surface area contributed by atoms with Gasteiger partial charge in [-0.1, -0.05) is 6.92 Å². The van der Waals surface area contributed by atoms with Crippen LogP contribution in [-0.2, 0) is 0 Å². The first-order valence-corrected chi connectivity index (χ1v) is 9.24. The topological polar surface area (TPSA) is 73.7 Å². The van der Waals surface area contributed by atoms with Crippen molar-refractivity contribution in [2.75, 3.05) is 26.8 Å². The molecule has 0 spiro atoms. The van der Waals surface area contributed by atoms with E-state index in [0.717, 1.165) is 12.8 Å². The van der Waals surface area contributed by atoms with Crippen molar-refractivity contribution in [3.8, 4) is 17.3 Å². The molecule has 7 heteroatoms. The number of nitrogens with zero attached hydrogens (tertiary/aromatic N) is 3. The average Bonchev–Trinajstić information content (AvgIpc) is 2.68. The number of amides is 1. The average molecular weight is 371 g/mol. The summed E-state index contributed by atoms with van der Waals surface area (Å²) in [6.07, 6.45) is 2.03. The zero-order chi connectivity index (χ0) is 19.4. The van der Waals surface area contributed by atoms with Crippen molar-refractivity contribution in [2.24, 2.45) is 5.92 Å². The number of ether oxygens (including phenoxy) is 2. The van der Waals surface area contributed by atoms with Crippen molar-refractivity contribution in [1.29, 1.82) is 0 Å². The molecule has 7 nitrogen and oxygen atoms in total. The molecule has 1 aromatic carbocycles. The van der Waals surface area contributed by atoms with Crippen LogP contribution in [0.3, 0.4) is 0 Å². The van der Waals surface area contributed by atoms with Gasteiger partial charge in [0.2, 0.25) is 11.3 Å². The molecule has 3 rings (SSSR count). The van der Waals surface area contributed by atoms with Gasteiger partial charge in [0.05, 0.1) is 25.5 Å². The van der Waals surface area contributed by atoms with Crippen molar-refractivity contribution < 1.29 is 14.3 Å². The summed E-state index contributed by atoms with van der Waals surface area (Å²) in [7, 11) is 1.59. The molecule has 1 saturated heterocycles. The molecule has 1 amide bonds. The van der Waals surface area contributed by atoms with Crippen LogP contribution in [0, 0.1) is 5.92 Å². The second-order valence-electron chi connectivity index (χ2n) is 6.74. The van der Waals surface area contributed by atoms with Gasteiger partial charge in [-0.15, -0.1) is 0 Å². The summed E-state index contributed by atoms with van der Waals surface area (Å²) in [5.41, 5.74) is 0.176. The van der Waals surface area contributed by atoms with Crippen molar-refractivity contribution in [3.63, 3.8) is 0 Å². The fourth-order valence-electron chi connectivity index (χ4n) is 3.27. The third-order valence-electron chi connectivity index (χ3n) is 4.65. The second-order valence-corrected chi connectivity index (χ2v) is 6.74. The highest BCUT2D eigenvalue weighted by molar-refractivity contribution is 5.92. The molecular formula is C20H25N3O4. The molecule has 1 fully saturated rings. The SMILES string of the molecule is CCOc1cc(=O)c(C(=O)N2CCC[C@H](C)C2)nn1-c1ccc(OC)cc1. The Morgan fingerprint density at radius 1 is 1.30 bits per heavy atom. The smallest absolute Gasteiger partial charge is 0.278 e. The number of carbonyl (C=O) groups is 1. The summed E-state index contributed by atoms with van der Waals surface area (Å²) < 4.78 is 12.2. The third-order valence-corrected chi connectivity index (χ3v) is 4.65. The number of hydrogen-bond donors (Lipinski definition) is 0. The van der Waals surface area contributed by atoms with Crippen molar-refractivity contribution >= 4 is 5.91 Å². The number of benzene rings is 1. The maximum atomic E-state index is 12.9. The third kappa shape index (κ3) is 4.13. The largest absolute Gasteiger partial charge is 0.497 e. The van der Waals surface area contributed by atoms with E-state index in [9.17, 15) is 9.59 Å². The molecular weight excluding hydrogens is 346 g/mol. The zero-order valence-electron chi connectivity index (χ0n) is 16.0. The lowest BCUT2D eigenvalue weighted by atomic mass is 10.00. The summed E-state index contributed by atoms with van der Waals surface area (Å²) in [5.74, 6) is 1.11. The van der Waals surface area contributed by atoms with Gasteiger partial charge in [-0.3, -0.25) is 9.59 Å². The minimum absolute atomic E-state index is 0.0802. The molecule has 144 valence electrons. The van der Waals surface area contributed by atoms with Gasteiger partial charge in [-0.2, -0.15) is 5.10 Å². The molecule has 0 radical (unpaired) electrons. The predicted octanol–water partition coefficient (Wildman–Crippen LogP) is 2.51. The van der Waals surface area contributed by atoms with Gasteiger partial charge >= 0.3 is 0 Å². The van der Waals surface area contributed by atoms with E-state index >= 15 is 0 Å². The maximum absolute atomic E-state index is 12.9. The number of piperidine rings is 1. The predicted molar refractivity (Wildman–Crippen MR) is 102 cm³/mol. The van der Waals surface area contributed by atoms with Crippen LogP contribution in [0.5, 0.6) is 11.6 Å². The van der Waals surface area contributed by atoms with Gasteiger partial charge in [0.15, 0.2) is 5.69 Å². The minimum Gasteiger partial charge on any atom is -0.497 e. The molecule has 0 unspecified atom stereocenters. The number of carbonyl (C=O) groups excluding carboxylic acids is 1. The summed E-state index contributed by atoms with van der Waals surface area (Å²) in [5, 5.41) is 4.36. The monoisotopic (exact) mass is 371 g/mol. The van der Waals surface area contributed by atoms with Crippen LogP contribution < -0.4 is 14.9 Å². The highest BCUT2D eigenvalue weighted by Crippen LogP contribution is 2.20. The lowest BCUT2D eigenvalue weighted by Gasteiger charge is -2.30. The second kappa shape index (κ2) is 8.24. The Balaban J connectivity index is 2.02. The van der Waals surface area contributed by atoms with E-state index in [-0.39, 0.29) is 11.6 Å². The molecule has 1 aliphatic heterocycles. The van der Waals surface area contributed by atoms with Gasteiger partial charge in [-0.25, -0.2) is 4.68 Å². The summed E-state index contributed by atoms with van der Waals surface area (Å²) in [6, 6.07) is 8.52. The van der Waals surface area contributed by atoms with Crippen molar-refractivity contribution in [2.45, 2.75) is 26.7 Å². The van der Waals surface area contributed by atoms with Crippen LogP contribution in [0.1, 0.15) is 37.2 Å². The first-order valence-electron chi connectivity index (χ1n) is 9.24. The highest BCUT2D eigenvalue weighted by Gasteiger charge is 2.26. The number of aromatic nitrogens is 2. The van der Waals surface area contributed by atoms with Crippen molar-refractivity contribution in [1.82, 2.24) is 14.7 Å². The van der Waals surface area contributed by atoms with Gasteiger partial charge in [0.1, 0.15) is 5.75 Å². The Labute approximate surface area is 158 Å². The van der Waals surface area contributed by atoms with E-state index < -0.39 is 5.43 Å². The molecule has 27 heavy (non-hydrogen) atoms. The molecule has 1 atom stereocenters. The molecule has 0 bridgehead atoms. The normalized spacial score (nSPS) is 16.9. The number of likely N-dealkylation sites (tertiary alicyclic amines) is 1. The Morgan fingerprint density at radius 3 is 2.67 bits per heavy atom. The van der Waals surface area contributed by atoms with Crippen LogP contribution in [0.2, 0.25) is 0 Å². The van der Waals surface area contributed by atoms with Gasteiger partial charge < -0.3 is 14.4 Å². The fraction of sp³-hybridized carbons (Fsp3) is 0.450. The summed E-state index contributed by atoms with van der Waals surface area (Å²) >= 11 is 0. The van der Waals surface area contributed by atoms with E-state index in [4.69, 9.17) is 9.47 Å². The molecule has 2 heterocycles. The fourth-order valence-corrected chi connectivity index (χ4v) is 3.27. The molecule has 1 aromatic heterocycles. The Morgan fingerprint density at radius 2 is 2.04 bits per heavy atom. The quantitative estimate of drug-likeness (QED) is 0.807. The number of hydrogen-bond acceptors (Lipinski definition) is 5. The molecule has 1 aliphatic rings. The number of rotatable bonds is 5. The van der Waals surface area contributed by atoms with Crippen LogP contribution in [0.4, 0.5) is 0 Å². The van der Waals surface area contributed by atoms with E-state index in [1.54, 1.807) is 36.3 Å². The molecule has 0 N–H and O–H groups in total. The minimum atomic E-state index is -0.425. The van der Waals surface area contributed by atoms with Gasteiger partial charge in [0, 0.05) is 13.1 Å².